The van der Waals surface area contributed by atoms with Gasteiger partial charge in [0.05, 0.1) is 11.1 Å². The van der Waals surface area contributed by atoms with Gasteiger partial charge in [0.2, 0.25) is 0 Å². The third-order valence-corrected chi connectivity index (χ3v) is 2.90. The van der Waals surface area contributed by atoms with Crippen molar-refractivity contribution in [2.45, 2.75) is 11.1 Å². The van der Waals surface area contributed by atoms with Crippen molar-refractivity contribution in [3.63, 3.8) is 0 Å². The molecule has 0 bridgehead atoms. The molecular weight excluding hydrogens is 285 g/mol. The van der Waals surface area contributed by atoms with E-state index in [1.165, 1.54) is 0 Å². The summed E-state index contributed by atoms with van der Waals surface area (Å²) in [6.07, 6.45) is -4.80. The zero-order chi connectivity index (χ0) is 13.4. The molecule has 9 heteroatoms. The summed E-state index contributed by atoms with van der Waals surface area (Å²) in [7, 11) is -4.97. The van der Waals surface area contributed by atoms with E-state index >= 15 is 0 Å². The van der Waals surface area contributed by atoms with Gasteiger partial charge in [0.25, 0.3) is 15.4 Å². The molecule has 1 aromatic rings. The van der Waals surface area contributed by atoms with E-state index in [0.29, 0.717) is 12.1 Å². The average Bonchev–Trinajstić information content (AvgIpc) is 2.14. The molecule has 0 aliphatic rings. The molecule has 17 heavy (non-hydrogen) atoms. The van der Waals surface area contributed by atoms with Crippen LogP contribution in [0.3, 0.4) is 0 Å². The van der Waals surface area contributed by atoms with Gasteiger partial charge in [-0.25, -0.2) is 0 Å². The molecule has 0 heterocycles. The lowest BCUT2D eigenvalue weighted by atomic mass is 10.1. The molecular formula is C8H4ClF3O4S. The molecule has 1 rings (SSSR count). The summed E-state index contributed by atoms with van der Waals surface area (Å²) in [5, 5.41) is -1.29. The maximum atomic E-state index is 12.3. The minimum Gasteiger partial charge on any atom is -0.282 e. The van der Waals surface area contributed by atoms with E-state index in [4.69, 9.17) is 16.2 Å². The van der Waals surface area contributed by atoms with Crippen molar-refractivity contribution in [3.8, 4) is 0 Å². The minimum absolute atomic E-state index is 0.144. The standard InChI is InChI=1S/C8H4ClF3O4S/c9-7(13)5-2-1-4(8(10,11)12)3-6(5)17(14,15)16/h1-3H,(H,14,15,16). The van der Waals surface area contributed by atoms with Crippen LogP contribution in [0, 0.1) is 0 Å². The molecule has 0 aliphatic carbocycles. The highest BCUT2D eigenvalue weighted by Crippen LogP contribution is 2.32. The molecule has 0 aliphatic heterocycles. The normalized spacial score (nSPS) is 12.5. The molecule has 1 aromatic carbocycles. The quantitative estimate of drug-likeness (QED) is 0.670. The number of carbonyl (C=O) groups is 1. The van der Waals surface area contributed by atoms with E-state index < -0.39 is 37.6 Å². The van der Waals surface area contributed by atoms with Crippen molar-refractivity contribution in [1.82, 2.24) is 0 Å². The summed E-state index contributed by atoms with van der Waals surface area (Å²) in [6, 6.07) is 1.22. The van der Waals surface area contributed by atoms with Crippen LogP contribution in [0.15, 0.2) is 23.1 Å². The SMILES string of the molecule is O=C(Cl)c1ccc(C(F)(F)F)cc1S(=O)(=O)O. The van der Waals surface area contributed by atoms with E-state index in [-0.39, 0.29) is 6.07 Å². The summed E-state index contributed by atoms with van der Waals surface area (Å²) in [5.41, 5.74) is -2.03. The van der Waals surface area contributed by atoms with Crippen LogP contribution < -0.4 is 0 Å². The van der Waals surface area contributed by atoms with Gasteiger partial charge >= 0.3 is 6.18 Å². The Bertz CT molecular complexity index is 565. The predicted molar refractivity (Wildman–Crippen MR) is 51.4 cm³/mol. The number of hydrogen-bond acceptors (Lipinski definition) is 3. The number of alkyl halides is 3. The van der Waals surface area contributed by atoms with E-state index in [1.807, 2.05) is 0 Å². The van der Waals surface area contributed by atoms with Crippen LogP contribution >= 0.6 is 11.6 Å². The van der Waals surface area contributed by atoms with Gasteiger partial charge in [-0.1, -0.05) is 0 Å². The highest BCUT2D eigenvalue weighted by molar-refractivity contribution is 7.86. The van der Waals surface area contributed by atoms with Crippen molar-refractivity contribution in [2.75, 3.05) is 0 Å². The first kappa shape index (κ1) is 13.9. The Labute approximate surface area is 98.8 Å². The summed E-state index contributed by atoms with van der Waals surface area (Å²) >= 11 is 4.99. The fraction of sp³-hybridized carbons (Fsp3) is 0.125. The first-order valence-electron chi connectivity index (χ1n) is 3.92. The van der Waals surface area contributed by atoms with Crippen LogP contribution in [0.1, 0.15) is 15.9 Å². The number of hydrogen-bond donors (Lipinski definition) is 1. The van der Waals surface area contributed by atoms with Gasteiger partial charge < -0.3 is 0 Å². The van der Waals surface area contributed by atoms with Crippen LogP contribution in [0.25, 0.3) is 0 Å². The Balaban J connectivity index is 3.57. The Morgan fingerprint density at radius 2 is 1.82 bits per heavy atom. The first-order valence-corrected chi connectivity index (χ1v) is 5.74. The highest BCUT2D eigenvalue weighted by Gasteiger charge is 2.33. The van der Waals surface area contributed by atoms with Gasteiger partial charge in [-0.3, -0.25) is 9.35 Å². The molecule has 0 radical (unpaired) electrons. The molecule has 0 fully saturated rings. The molecule has 0 spiro atoms. The maximum absolute atomic E-state index is 12.3. The van der Waals surface area contributed by atoms with E-state index in [0.717, 1.165) is 0 Å². The molecule has 0 atom stereocenters. The number of rotatable bonds is 2. The molecule has 94 valence electrons. The van der Waals surface area contributed by atoms with E-state index in [2.05, 4.69) is 0 Å². The lowest BCUT2D eigenvalue weighted by Gasteiger charge is -2.09. The van der Waals surface area contributed by atoms with E-state index in [1.54, 1.807) is 0 Å². The number of carbonyl (C=O) groups excluding carboxylic acids is 1. The van der Waals surface area contributed by atoms with Crippen LogP contribution in [0.4, 0.5) is 13.2 Å². The van der Waals surface area contributed by atoms with Gasteiger partial charge in [0, 0.05) is 0 Å². The predicted octanol–water partition coefficient (Wildman–Crippen LogP) is 2.33. The van der Waals surface area contributed by atoms with Crippen LogP contribution in [-0.4, -0.2) is 18.2 Å². The van der Waals surface area contributed by atoms with Crippen LogP contribution in [0.5, 0.6) is 0 Å². The van der Waals surface area contributed by atoms with Crippen molar-refractivity contribution < 1.29 is 30.9 Å². The summed E-state index contributed by atoms with van der Waals surface area (Å²) in [4.78, 5) is 9.61. The molecule has 0 amide bonds. The average molecular weight is 289 g/mol. The molecule has 0 unspecified atom stereocenters. The smallest absolute Gasteiger partial charge is 0.282 e. The van der Waals surface area contributed by atoms with Gasteiger partial charge in [-0.2, -0.15) is 21.6 Å². The lowest BCUT2D eigenvalue weighted by Crippen LogP contribution is -2.11. The maximum Gasteiger partial charge on any atom is 0.416 e. The summed E-state index contributed by atoms with van der Waals surface area (Å²) in [5.74, 6) is 0. The van der Waals surface area contributed by atoms with Gasteiger partial charge in [-0.05, 0) is 29.8 Å². The first-order chi connectivity index (χ1) is 7.53. The third kappa shape index (κ3) is 3.18. The second-order valence-corrected chi connectivity index (χ2v) is 4.69. The van der Waals surface area contributed by atoms with Gasteiger partial charge in [-0.15, -0.1) is 0 Å². The second kappa shape index (κ2) is 4.28. The zero-order valence-electron chi connectivity index (χ0n) is 7.82. The topological polar surface area (TPSA) is 71.4 Å². The molecule has 4 nitrogen and oxygen atoms in total. The third-order valence-electron chi connectivity index (χ3n) is 1.80. The Kier molecular flexibility index (Phi) is 3.51. The molecule has 1 N–H and O–H groups in total. The minimum atomic E-state index is -4.97. The van der Waals surface area contributed by atoms with Crippen LogP contribution in [0.2, 0.25) is 0 Å². The molecule has 0 aromatic heterocycles. The van der Waals surface area contributed by atoms with Crippen molar-refractivity contribution >= 4 is 27.0 Å². The largest absolute Gasteiger partial charge is 0.416 e. The summed E-state index contributed by atoms with van der Waals surface area (Å²) in [6.45, 7) is 0. The van der Waals surface area contributed by atoms with E-state index in [9.17, 15) is 26.4 Å². The van der Waals surface area contributed by atoms with Gasteiger partial charge in [0.1, 0.15) is 4.90 Å². The highest BCUT2D eigenvalue weighted by atomic mass is 35.5. The van der Waals surface area contributed by atoms with Crippen molar-refractivity contribution in [1.29, 1.82) is 0 Å². The number of halogens is 4. The Morgan fingerprint density at radius 3 is 2.18 bits per heavy atom. The second-order valence-electron chi connectivity index (χ2n) is 2.96. The van der Waals surface area contributed by atoms with Crippen molar-refractivity contribution in [2.24, 2.45) is 0 Å². The number of benzene rings is 1. The van der Waals surface area contributed by atoms with Gasteiger partial charge in [0.15, 0.2) is 0 Å². The monoisotopic (exact) mass is 288 g/mol. The Morgan fingerprint density at radius 1 is 1.29 bits per heavy atom. The van der Waals surface area contributed by atoms with Crippen molar-refractivity contribution in [3.05, 3.63) is 29.3 Å². The molecule has 0 saturated heterocycles. The van der Waals surface area contributed by atoms with Crippen LogP contribution in [-0.2, 0) is 16.3 Å². The lowest BCUT2D eigenvalue weighted by molar-refractivity contribution is -0.137. The summed E-state index contributed by atoms with van der Waals surface area (Å²) < 4.78 is 67.2. The zero-order valence-corrected chi connectivity index (χ0v) is 9.40. The Hall–Kier alpha value is -1.12. The fourth-order valence-corrected chi connectivity index (χ4v) is 2.01. The molecule has 0 saturated carbocycles. The fourth-order valence-electron chi connectivity index (χ4n) is 1.07.